The highest BCUT2D eigenvalue weighted by molar-refractivity contribution is 9.10. The van der Waals surface area contributed by atoms with Gasteiger partial charge in [-0.2, -0.15) is 15.3 Å². The largest absolute Gasteiger partial charge is 0.491 e. The molecule has 9 rings (SSSR count). The molecule has 0 aliphatic rings. The molecule has 3 heterocycles. The summed E-state index contributed by atoms with van der Waals surface area (Å²) in [7, 11) is -1.58. The standard InChI is InChI=1S/C23H21BN2O2.C23H19BrN2.C4H5BrN2/c1-18-22(24(27)28)17-26(25-18)23(19-11-5-2-6-12-19,20-13-7-3-8-14-20)21-15-9-4-10-16-21;1-18-22(24)17-26(25-18)23(19-11-5-2-6-12-19,20-13-7-3-8-14-20)21-15-9-4-10-16-21;1-3-4(5)2-6-7-3/h2-17,27-28H,1H3;2-17H,1H3;2H,1H3,(H,6,7). The van der Waals surface area contributed by atoms with E-state index in [0.717, 1.165) is 37.0 Å². The molecule has 3 aromatic heterocycles. The monoisotopic (exact) mass is 930 g/mol. The number of aromatic nitrogens is 6. The first-order chi connectivity index (χ1) is 29.7. The van der Waals surface area contributed by atoms with Gasteiger partial charge in [0.1, 0.15) is 11.1 Å². The van der Waals surface area contributed by atoms with E-state index >= 15 is 0 Å². The number of hydrogen-bond acceptors (Lipinski definition) is 5. The molecular formula is C50H45BBr2N6O2. The molecule has 11 heteroatoms. The van der Waals surface area contributed by atoms with Crippen LogP contribution in [0.25, 0.3) is 0 Å². The van der Waals surface area contributed by atoms with Crippen LogP contribution >= 0.6 is 31.9 Å². The predicted octanol–water partition coefficient (Wildman–Crippen LogP) is 9.99. The summed E-state index contributed by atoms with van der Waals surface area (Å²) in [5.74, 6) is 0. The van der Waals surface area contributed by atoms with Crippen LogP contribution < -0.4 is 5.46 Å². The van der Waals surface area contributed by atoms with Crippen LogP contribution in [-0.4, -0.2) is 46.9 Å². The number of nitrogens with one attached hydrogen (secondary N) is 1. The quantitative estimate of drug-likeness (QED) is 0.0988. The lowest BCUT2D eigenvalue weighted by Gasteiger charge is -2.36. The maximum atomic E-state index is 9.80. The average Bonchev–Trinajstić information content (AvgIpc) is 4.00. The minimum absolute atomic E-state index is 0.396. The molecule has 9 aromatic rings. The number of aryl methyl sites for hydroxylation is 3. The maximum Gasteiger partial charge on any atom is 0.491 e. The van der Waals surface area contributed by atoms with Crippen molar-refractivity contribution in [2.75, 3.05) is 0 Å². The zero-order valence-corrected chi connectivity index (χ0v) is 37.2. The molecule has 3 N–H and O–H groups in total. The Balaban J connectivity index is 0.000000159. The average molecular weight is 933 g/mol. The fraction of sp³-hybridized carbons (Fsp3) is 0.100. The molecule has 304 valence electrons. The third-order valence-corrected chi connectivity index (χ3v) is 12.2. The van der Waals surface area contributed by atoms with Crippen molar-refractivity contribution in [2.24, 2.45) is 0 Å². The summed E-state index contributed by atoms with van der Waals surface area (Å²) >= 11 is 6.91. The topological polar surface area (TPSA) is 105 Å². The van der Waals surface area contributed by atoms with Crippen LogP contribution in [0.1, 0.15) is 50.5 Å². The van der Waals surface area contributed by atoms with E-state index < -0.39 is 18.2 Å². The van der Waals surface area contributed by atoms with Crippen LogP contribution in [0.3, 0.4) is 0 Å². The second-order valence-electron chi connectivity index (χ2n) is 14.5. The number of rotatable bonds is 9. The van der Waals surface area contributed by atoms with Crippen molar-refractivity contribution in [1.29, 1.82) is 0 Å². The molecule has 0 aliphatic carbocycles. The molecule has 0 saturated heterocycles. The van der Waals surface area contributed by atoms with E-state index in [1.807, 2.05) is 73.1 Å². The fourth-order valence-corrected chi connectivity index (χ4v) is 8.18. The van der Waals surface area contributed by atoms with Gasteiger partial charge in [-0.15, -0.1) is 0 Å². The normalized spacial score (nSPS) is 11.2. The predicted molar refractivity (Wildman–Crippen MR) is 252 cm³/mol. The molecule has 0 amide bonds. The van der Waals surface area contributed by atoms with E-state index in [4.69, 9.17) is 10.2 Å². The molecule has 6 aromatic carbocycles. The van der Waals surface area contributed by atoms with Gasteiger partial charge in [0.2, 0.25) is 0 Å². The third kappa shape index (κ3) is 8.87. The summed E-state index contributed by atoms with van der Waals surface area (Å²) in [6.45, 7) is 5.76. The zero-order valence-electron chi connectivity index (χ0n) is 34.0. The fourth-order valence-electron chi connectivity index (χ4n) is 7.72. The number of benzene rings is 6. The molecule has 0 bridgehead atoms. The Morgan fingerprint density at radius 3 is 0.984 bits per heavy atom. The van der Waals surface area contributed by atoms with Crippen molar-refractivity contribution < 1.29 is 10.0 Å². The van der Waals surface area contributed by atoms with Gasteiger partial charge in [-0.1, -0.05) is 182 Å². The number of H-pyrrole nitrogens is 1. The number of hydrogen-bond donors (Lipinski definition) is 3. The van der Waals surface area contributed by atoms with Crippen LogP contribution in [-0.2, 0) is 11.1 Å². The lowest BCUT2D eigenvalue weighted by atomic mass is 9.76. The van der Waals surface area contributed by atoms with Gasteiger partial charge in [0.25, 0.3) is 0 Å². The van der Waals surface area contributed by atoms with Gasteiger partial charge in [-0.05, 0) is 86.0 Å². The Hall–Kier alpha value is -6.11. The highest BCUT2D eigenvalue weighted by Crippen LogP contribution is 2.42. The van der Waals surface area contributed by atoms with Gasteiger partial charge in [0, 0.05) is 23.6 Å². The van der Waals surface area contributed by atoms with Gasteiger partial charge in [-0.25, -0.2) is 0 Å². The SMILES string of the molecule is Cc1[nH]ncc1Br.Cc1nn(C(c2ccccc2)(c2ccccc2)c2ccccc2)cc1B(O)O.Cc1nn(C(c2ccccc2)(c2ccccc2)c2ccccc2)cc1Br. The zero-order chi connectivity index (χ0) is 42.8. The highest BCUT2D eigenvalue weighted by atomic mass is 79.9. The summed E-state index contributed by atoms with van der Waals surface area (Å²) in [5, 5.41) is 35.7. The highest BCUT2D eigenvalue weighted by Gasteiger charge is 2.41. The van der Waals surface area contributed by atoms with E-state index in [0.29, 0.717) is 11.2 Å². The van der Waals surface area contributed by atoms with Crippen LogP contribution in [0.5, 0.6) is 0 Å². The first kappa shape index (κ1) is 43.0. The first-order valence-corrected chi connectivity index (χ1v) is 21.4. The van der Waals surface area contributed by atoms with E-state index in [1.165, 1.54) is 16.7 Å². The van der Waals surface area contributed by atoms with Gasteiger partial charge in [0.05, 0.1) is 26.5 Å². The van der Waals surface area contributed by atoms with Gasteiger partial charge in [-0.3, -0.25) is 14.5 Å². The molecule has 8 nitrogen and oxygen atoms in total. The number of aromatic amines is 1. The van der Waals surface area contributed by atoms with E-state index in [-0.39, 0.29) is 0 Å². The Labute approximate surface area is 374 Å². The van der Waals surface area contributed by atoms with E-state index in [9.17, 15) is 10.0 Å². The van der Waals surface area contributed by atoms with Crippen LogP contribution in [0, 0.1) is 20.8 Å². The Kier molecular flexibility index (Phi) is 13.8. The van der Waals surface area contributed by atoms with Gasteiger partial charge >= 0.3 is 7.12 Å². The van der Waals surface area contributed by atoms with Crippen LogP contribution in [0.4, 0.5) is 0 Å². The smallest absolute Gasteiger partial charge is 0.423 e. The molecule has 61 heavy (non-hydrogen) atoms. The van der Waals surface area contributed by atoms with Crippen molar-refractivity contribution in [3.05, 3.63) is 260 Å². The molecule has 0 spiro atoms. The Morgan fingerprint density at radius 1 is 0.459 bits per heavy atom. The molecule has 0 aliphatic heterocycles. The van der Waals surface area contributed by atoms with Crippen molar-refractivity contribution in [3.63, 3.8) is 0 Å². The summed E-state index contributed by atoms with van der Waals surface area (Å²) in [6.07, 6.45) is 5.53. The Bertz CT molecular complexity index is 2500. The van der Waals surface area contributed by atoms with Crippen molar-refractivity contribution in [1.82, 2.24) is 29.8 Å². The van der Waals surface area contributed by atoms with Gasteiger partial charge in [0.15, 0.2) is 0 Å². The second kappa shape index (κ2) is 19.5. The minimum Gasteiger partial charge on any atom is -0.423 e. The number of nitrogens with zero attached hydrogens (tertiary/aromatic N) is 5. The summed E-state index contributed by atoms with van der Waals surface area (Å²) in [5.41, 5.74) is 8.36. The third-order valence-electron chi connectivity index (χ3n) is 10.7. The first-order valence-electron chi connectivity index (χ1n) is 19.8. The maximum absolute atomic E-state index is 9.80. The van der Waals surface area contributed by atoms with E-state index in [1.54, 1.807) is 19.3 Å². The second-order valence-corrected chi connectivity index (χ2v) is 16.2. The molecular weight excluding hydrogens is 887 g/mol. The van der Waals surface area contributed by atoms with Crippen molar-refractivity contribution >= 4 is 44.4 Å². The molecule has 0 saturated carbocycles. The molecule has 0 radical (unpaired) electrons. The minimum atomic E-state index is -1.58. The summed E-state index contributed by atoms with van der Waals surface area (Å²) < 4.78 is 5.96. The van der Waals surface area contributed by atoms with Crippen molar-refractivity contribution in [2.45, 2.75) is 31.8 Å². The lowest BCUT2D eigenvalue weighted by Crippen LogP contribution is -2.39. The van der Waals surface area contributed by atoms with Gasteiger partial charge < -0.3 is 10.0 Å². The van der Waals surface area contributed by atoms with Crippen LogP contribution in [0.15, 0.2) is 210 Å². The number of halogens is 2. The lowest BCUT2D eigenvalue weighted by molar-refractivity contribution is 0.425. The molecule has 0 atom stereocenters. The van der Waals surface area contributed by atoms with Crippen molar-refractivity contribution in [3.8, 4) is 0 Å². The molecule has 0 fully saturated rings. The summed E-state index contributed by atoms with van der Waals surface area (Å²) in [6, 6.07) is 62.2. The molecule has 0 unspecified atom stereocenters. The Morgan fingerprint density at radius 2 is 0.770 bits per heavy atom. The summed E-state index contributed by atoms with van der Waals surface area (Å²) in [4.78, 5) is 0. The van der Waals surface area contributed by atoms with E-state index in [2.05, 4.69) is 180 Å². The van der Waals surface area contributed by atoms with Crippen LogP contribution in [0.2, 0.25) is 0 Å².